The minimum atomic E-state index is -5.21. The van der Waals surface area contributed by atoms with Gasteiger partial charge in [-0.15, -0.1) is 0 Å². The van der Waals surface area contributed by atoms with Gasteiger partial charge in [-0.3, -0.25) is 4.79 Å². The lowest BCUT2D eigenvalue weighted by molar-refractivity contribution is -0.214. The summed E-state index contributed by atoms with van der Waals surface area (Å²) in [4.78, 5) is 11.2. The minimum absolute atomic E-state index is 0.0511. The molecule has 0 unspecified atom stereocenters. The second kappa shape index (κ2) is 5.63. The van der Waals surface area contributed by atoms with E-state index in [1.807, 2.05) is 0 Å². The van der Waals surface area contributed by atoms with Crippen molar-refractivity contribution >= 4 is 15.9 Å². The Balaban J connectivity index is 3.30. The molecule has 0 heterocycles. The molecule has 118 valence electrons. The first-order valence-electron chi connectivity index (χ1n) is 5.79. The lowest BCUT2D eigenvalue weighted by atomic mass is 9.95. The fraction of sp³-hybridized carbons (Fsp3) is 0.417. The summed E-state index contributed by atoms with van der Waals surface area (Å²) < 4.78 is 77.8. The maximum Gasteiger partial charge on any atom is 0.391 e. The summed E-state index contributed by atoms with van der Waals surface area (Å²) in [5.74, 6) is -12.6. The summed E-state index contributed by atoms with van der Waals surface area (Å²) >= 11 is 0. The zero-order chi connectivity index (χ0) is 16.5. The monoisotopic (exact) mass is 327 g/mol. The van der Waals surface area contributed by atoms with Crippen LogP contribution in [0, 0.1) is 0 Å². The van der Waals surface area contributed by atoms with Crippen molar-refractivity contribution in [1.82, 2.24) is 4.72 Å². The molecule has 1 aromatic carbocycles. The van der Waals surface area contributed by atoms with Gasteiger partial charge in [0.1, 0.15) is 0 Å². The molecule has 0 aromatic heterocycles. The third-order valence-electron chi connectivity index (χ3n) is 2.69. The number of hydrogen-bond acceptors (Lipinski definition) is 3. The minimum Gasteiger partial charge on any atom is -0.267 e. The summed E-state index contributed by atoms with van der Waals surface area (Å²) in [7, 11) is -4.38. The highest BCUT2D eigenvalue weighted by atomic mass is 32.2. The molecule has 1 N–H and O–H groups in total. The number of rotatable bonds is 5. The van der Waals surface area contributed by atoms with E-state index in [0.29, 0.717) is 6.26 Å². The predicted octanol–water partition coefficient (Wildman–Crippen LogP) is 2.05. The number of hydrogen-bond donors (Lipinski definition) is 1. The molecule has 0 aliphatic carbocycles. The Hall–Kier alpha value is -1.64. The van der Waals surface area contributed by atoms with Crippen molar-refractivity contribution in [3.05, 3.63) is 35.4 Å². The average molecular weight is 327 g/mol. The number of sulfonamides is 1. The number of halogens is 4. The van der Waals surface area contributed by atoms with Gasteiger partial charge in [-0.1, -0.05) is 31.2 Å². The molecule has 0 atom stereocenters. The van der Waals surface area contributed by atoms with Crippen LogP contribution in [0.5, 0.6) is 0 Å². The van der Waals surface area contributed by atoms with E-state index in [1.165, 1.54) is 19.1 Å². The largest absolute Gasteiger partial charge is 0.391 e. The summed E-state index contributed by atoms with van der Waals surface area (Å²) in [6.45, 7) is 1.49. The van der Waals surface area contributed by atoms with Crippen LogP contribution in [0.2, 0.25) is 0 Å². The maximum absolute atomic E-state index is 14.0. The second-order valence-corrected chi connectivity index (χ2v) is 6.11. The van der Waals surface area contributed by atoms with Crippen LogP contribution in [0.3, 0.4) is 0 Å². The van der Waals surface area contributed by atoms with Gasteiger partial charge in [-0.25, -0.2) is 13.1 Å². The van der Waals surface area contributed by atoms with Crippen LogP contribution in [0.15, 0.2) is 24.3 Å². The lowest BCUT2D eigenvalue weighted by Crippen LogP contribution is -2.52. The molecular weight excluding hydrogens is 314 g/mol. The Kier molecular flexibility index (Phi) is 4.66. The van der Waals surface area contributed by atoms with Crippen molar-refractivity contribution in [3.8, 4) is 0 Å². The van der Waals surface area contributed by atoms with Crippen molar-refractivity contribution in [2.75, 3.05) is 6.26 Å². The zero-order valence-corrected chi connectivity index (χ0v) is 12.0. The van der Waals surface area contributed by atoms with Gasteiger partial charge < -0.3 is 0 Å². The molecule has 0 saturated carbocycles. The van der Waals surface area contributed by atoms with Gasteiger partial charge in [0.2, 0.25) is 10.0 Å². The molecule has 0 fully saturated rings. The van der Waals surface area contributed by atoms with Crippen LogP contribution < -0.4 is 4.72 Å². The van der Waals surface area contributed by atoms with E-state index in [-0.39, 0.29) is 12.0 Å². The van der Waals surface area contributed by atoms with E-state index in [1.54, 1.807) is 0 Å². The van der Waals surface area contributed by atoms with Crippen molar-refractivity contribution in [1.29, 1.82) is 0 Å². The third-order valence-corrected chi connectivity index (χ3v) is 3.25. The van der Waals surface area contributed by atoms with Crippen molar-refractivity contribution in [2.45, 2.75) is 25.2 Å². The summed E-state index contributed by atoms with van der Waals surface area (Å²) in [5, 5.41) is 0. The maximum atomic E-state index is 14.0. The van der Waals surface area contributed by atoms with Gasteiger partial charge in [0.25, 0.3) is 0 Å². The second-order valence-electron chi connectivity index (χ2n) is 4.36. The molecular formula is C12H13F4NO3S. The highest BCUT2D eigenvalue weighted by Crippen LogP contribution is 2.44. The Labute approximate surface area is 119 Å². The lowest BCUT2D eigenvalue weighted by Gasteiger charge is -2.27. The van der Waals surface area contributed by atoms with Gasteiger partial charge in [0.05, 0.1) is 6.26 Å². The van der Waals surface area contributed by atoms with Gasteiger partial charge in [-0.05, 0) is 12.0 Å². The third kappa shape index (κ3) is 3.52. The standard InChI is InChI=1S/C12H13F4NO3S/c1-3-8-6-4-5-7-9(8)11(13,14)12(15,16)10(18)17-21(2,19)20/h4-7H,3H2,1-2H3,(H,17,18). The normalized spacial score (nSPS) is 13.0. The van der Waals surface area contributed by atoms with Crippen LogP contribution in [-0.2, 0) is 27.2 Å². The van der Waals surface area contributed by atoms with E-state index in [2.05, 4.69) is 0 Å². The van der Waals surface area contributed by atoms with E-state index < -0.39 is 33.3 Å². The van der Waals surface area contributed by atoms with Crippen LogP contribution in [0.25, 0.3) is 0 Å². The van der Waals surface area contributed by atoms with Gasteiger partial charge in [-0.2, -0.15) is 17.6 Å². The highest BCUT2D eigenvalue weighted by Gasteiger charge is 2.63. The Morgan fingerprint density at radius 1 is 1.19 bits per heavy atom. The van der Waals surface area contributed by atoms with Crippen LogP contribution >= 0.6 is 0 Å². The highest BCUT2D eigenvalue weighted by molar-refractivity contribution is 7.89. The first kappa shape index (κ1) is 17.4. The fourth-order valence-corrected chi connectivity index (χ4v) is 2.14. The number of nitrogens with one attached hydrogen (secondary N) is 1. The molecule has 0 saturated heterocycles. The van der Waals surface area contributed by atoms with Gasteiger partial charge in [0.15, 0.2) is 0 Å². The molecule has 21 heavy (non-hydrogen) atoms. The van der Waals surface area contributed by atoms with Crippen molar-refractivity contribution < 1.29 is 30.8 Å². The van der Waals surface area contributed by atoms with E-state index >= 15 is 0 Å². The molecule has 1 amide bonds. The molecule has 0 radical (unpaired) electrons. The molecule has 0 bridgehead atoms. The summed E-state index contributed by atoms with van der Waals surface area (Å²) in [6, 6.07) is 4.54. The first-order chi connectivity index (χ1) is 9.43. The van der Waals surface area contributed by atoms with Crippen molar-refractivity contribution in [2.24, 2.45) is 0 Å². The Morgan fingerprint density at radius 2 is 1.71 bits per heavy atom. The van der Waals surface area contributed by atoms with E-state index in [4.69, 9.17) is 0 Å². The number of benzene rings is 1. The number of carbonyl (C=O) groups is 1. The number of carbonyl (C=O) groups excluding carboxylic acids is 1. The molecule has 0 spiro atoms. The van der Waals surface area contributed by atoms with E-state index in [0.717, 1.165) is 16.9 Å². The number of aryl methyl sites for hydroxylation is 1. The summed E-state index contributed by atoms with van der Waals surface area (Å²) in [5.41, 5.74) is -1.07. The molecule has 0 aliphatic heterocycles. The fourth-order valence-electron chi connectivity index (χ4n) is 1.68. The van der Waals surface area contributed by atoms with Gasteiger partial charge >= 0.3 is 17.8 Å². The Bertz CT molecular complexity index is 644. The van der Waals surface area contributed by atoms with Crippen LogP contribution in [0.4, 0.5) is 17.6 Å². The average Bonchev–Trinajstić information content (AvgIpc) is 2.36. The number of alkyl halides is 4. The predicted molar refractivity (Wildman–Crippen MR) is 67.6 cm³/mol. The number of amides is 1. The topological polar surface area (TPSA) is 63.2 Å². The van der Waals surface area contributed by atoms with Crippen LogP contribution in [0.1, 0.15) is 18.1 Å². The summed E-state index contributed by atoms with van der Waals surface area (Å²) in [6.07, 6.45) is 0.467. The molecule has 4 nitrogen and oxygen atoms in total. The van der Waals surface area contributed by atoms with Gasteiger partial charge in [0, 0.05) is 5.56 Å². The Morgan fingerprint density at radius 3 is 2.19 bits per heavy atom. The molecule has 9 heteroatoms. The molecule has 1 aromatic rings. The molecule has 0 aliphatic rings. The molecule has 1 rings (SSSR count). The first-order valence-corrected chi connectivity index (χ1v) is 7.69. The zero-order valence-electron chi connectivity index (χ0n) is 11.2. The van der Waals surface area contributed by atoms with Crippen LogP contribution in [-0.4, -0.2) is 26.5 Å². The van der Waals surface area contributed by atoms with Crippen molar-refractivity contribution in [3.63, 3.8) is 0 Å². The smallest absolute Gasteiger partial charge is 0.267 e. The quantitative estimate of drug-likeness (QED) is 0.842. The van der Waals surface area contributed by atoms with E-state index in [9.17, 15) is 30.8 Å². The SMILES string of the molecule is CCc1ccccc1C(F)(F)C(F)(F)C(=O)NS(C)(=O)=O.